The predicted molar refractivity (Wildman–Crippen MR) is 46.8 cm³/mol. The molecule has 1 aliphatic carbocycles. The fraction of sp³-hybridized carbons (Fsp3) is 0.667. The molecule has 2 rings (SSSR count). The summed E-state index contributed by atoms with van der Waals surface area (Å²) >= 11 is 1.69. The van der Waals surface area contributed by atoms with Crippen LogP contribution in [0.25, 0.3) is 0 Å². The van der Waals surface area contributed by atoms with E-state index in [2.05, 4.69) is 24.3 Å². The van der Waals surface area contributed by atoms with Crippen molar-refractivity contribution in [3.63, 3.8) is 0 Å². The van der Waals surface area contributed by atoms with Crippen LogP contribution in [0.1, 0.15) is 30.8 Å². The largest absolute Gasteiger partial charge is 0.238 e. The molecule has 0 unspecified atom stereocenters. The molecular weight excluding hydrogens is 154 g/mol. The average Bonchev–Trinajstić information content (AvgIpc) is 2.31. The van der Waals surface area contributed by atoms with E-state index in [9.17, 15) is 0 Å². The molecule has 0 atom stereocenters. The number of fused-ring (bicyclic) bond motifs is 1. The van der Waals surface area contributed by atoms with Gasteiger partial charge in [0.05, 0.1) is 5.69 Å². The molecule has 0 saturated heterocycles. The third-order valence-electron chi connectivity index (χ3n) is 2.35. The summed E-state index contributed by atoms with van der Waals surface area (Å²) in [5.41, 5.74) is 4.76. The molecule has 0 bridgehead atoms. The first-order valence-electron chi connectivity index (χ1n) is 4.02. The molecule has 1 radical (unpaired) electrons. The molecule has 0 aromatic carbocycles. The SMILES string of the molecule is CC1(C)CCc2n[c]sc2C1. The number of hydrogen-bond donors (Lipinski definition) is 0. The Labute approximate surface area is 71.5 Å². The Hall–Kier alpha value is -0.370. The Bertz CT molecular complexity index is 262. The van der Waals surface area contributed by atoms with Crippen LogP contribution in [-0.4, -0.2) is 4.98 Å². The second-order valence-corrected chi connectivity index (χ2v) is 4.90. The summed E-state index contributed by atoms with van der Waals surface area (Å²) in [5.74, 6) is 0. The number of hydrogen-bond acceptors (Lipinski definition) is 2. The van der Waals surface area contributed by atoms with E-state index in [1.54, 1.807) is 11.3 Å². The molecule has 1 aromatic rings. The molecule has 0 aliphatic heterocycles. The third-order valence-corrected chi connectivity index (χ3v) is 3.16. The van der Waals surface area contributed by atoms with E-state index in [-0.39, 0.29) is 0 Å². The van der Waals surface area contributed by atoms with Gasteiger partial charge in [0.25, 0.3) is 0 Å². The van der Waals surface area contributed by atoms with Gasteiger partial charge in [-0.1, -0.05) is 13.8 Å². The summed E-state index contributed by atoms with van der Waals surface area (Å²) < 4.78 is 0. The molecule has 0 N–H and O–H groups in total. The minimum atomic E-state index is 0.493. The van der Waals surface area contributed by atoms with Gasteiger partial charge in [-0.25, -0.2) is 4.98 Å². The van der Waals surface area contributed by atoms with Gasteiger partial charge in [-0.3, -0.25) is 0 Å². The van der Waals surface area contributed by atoms with E-state index >= 15 is 0 Å². The molecule has 59 valence electrons. The lowest BCUT2D eigenvalue weighted by Crippen LogP contribution is -2.20. The topological polar surface area (TPSA) is 12.9 Å². The van der Waals surface area contributed by atoms with Crippen molar-refractivity contribution >= 4 is 11.3 Å². The Morgan fingerprint density at radius 2 is 2.36 bits per heavy atom. The molecule has 11 heavy (non-hydrogen) atoms. The first-order valence-corrected chi connectivity index (χ1v) is 4.84. The first-order chi connectivity index (χ1) is 5.17. The molecule has 0 amide bonds. The fourth-order valence-corrected chi connectivity index (χ4v) is 2.56. The summed E-state index contributed by atoms with van der Waals surface area (Å²) in [5, 5.41) is 0. The van der Waals surface area contributed by atoms with E-state index in [1.165, 1.54) is 23.4 Å². The fourth-order valence-electron chi connectivity index (χ4n) is 1.57. The minimum Gasteiger partial charge on any atom is -0.238 e. The van der Waals surface area contributed by atoms with Crippen molar-refractivity contribution < 1.29 is 0 Å². The number of rotatable bonds is 0. The van der Waals surface area contributed by atoms with Gasteiger partial charge >= 0.3 is 0 Å². The zero-order chi connectivity index (χ0) is 7.90. The molecule has 0 fully saturated rings. The zero-order valence-corrected chi connectivity index (χ0v) is 7.79. The van der Waals surface area contributed by atoms with Gasteiger partial charge < -0.3 is 0 Å². The van der Waals surface area contributed by atoms with Gasteiger partial charge in [-0.15, -0.1) is 11.3 Å². The zero-order valence-electron chi connectivity index (χ0n) is 6.98. The normalized spacial score (nSPS) is 21.3. The van der Waals surface area contributed by atoms with Crippen molar-refractivity contribution in [2.45, 2.75) is 33.1 Å². The van der Waals surface area contributed by atoms with Crippen molar-refractivity contribution in [2.24, 2.45) is 5.41 Å². The van der Waals surface area contributed by atoms with Crippen LogP contribution in [0.3, 0.4) is 0 Å². The van der Waals surface area contributed by atoms with Crippen LogP contribution >= 0.6 is 11.3 Å². The summed E-state index contributed by atoms with van der Waals surface area (Å²) in [4.78, 5) is 5.68. The smallest absolute Gasteiger partial charge is 0.152 e. The Balaban J connectivity index is 2.32. The standard InChI is InChI=1S/C9H12NS/c1-9(2)4-3-7-8(5-9)11-6-10-7/h3-5H2,1-2H3. The highest BCUT2D eigenvalue weighted by Gasteiger charge is 2.26. The quantitative estimate of drug-likeness (QED) is 0.577. The average molecular weight is 166 g/mol. The monoisotopic (exact) mass is 166 g/mol. The summed E-state index contributed by atoms with van der Waals surface area (Å²) in [7, 11) is 0. The van der Waals surface area contributed by atoms with Crippen LogP contribution in [-0.2, 0) is 12.8 Å². The summed E-state index contributed by atoms with van der Waals surface area (Å²) in [6, 6.07) is 0. The molecule has 1 aromatic heterocycles. The Kier molecular flexibility index (Phi) is 1.53. The predicted octanol–water partition coefficient (Wildman–Crippen LogP) is 2.46. The van der Waals surface area contributed by atoms with Crippen molar-refractivity contribution in [2.75, 3.05) is 0 Å². The Morgan fingerprint density at radius 1 is 1.55 bits per heavy atom. The van der Waals surface area contributed by atoms with Gasteiger partial charge in [-0.2, -0.15) is 0 Å². The Morgan fingerprint density at radius 3 is 3.18 bits per heavy atom. The molecule has 0 spiro atoms. The maximum Gasteiger partial charge on any atom is 0.152 e. The van der Waals surface area contributed by atoms with Crippen LogP contribution in [0.2, 0.25) is 0 Å². The van der Waals surface area contributed by atoms with Crippen LogP contribution in [0, 0.1) is 10.9 Å². The molecule has 2 heteroatoms. The lowest BCUT2D eigenvalue weighted by molar-refractivity contribution is 0.316. The van der Waals surface area contributed by atoms with Crippen molar-refractivity contribution in [3.8, 4) is 0 Å². The van der Waals surface area contributed by atoms with Crippen LogP contribution < -0.4 is 0 Å². The van der Waals surface area contributed by atoms with E-state index in [0.717, 1.165) is 6.42 Å². The number of nitrogens with zero attached hydrogens (tertiary/aromatic N) is 1. The van der Waals surface area contributed by atoms with Crippen molar-refractivity contribution in [1.82, 2.24) is 4.98 Å². The second kappa shape index (κ2) is 2.31. The van der Waals surface area contributed by atoms with Gasteiger partial charge in [0.1, 0.15) is 0 Å². The van der Waals surface area contributed by atoms with E-state index in [1.807, 2.05) is 0 Å². The summed E-state index contributed by atoms with van der Waals surface area (Å²) in [6.45, 7) is 4.66. The minimum absolute atomic E-state index is 0.493. The third kappa shape index (κ3) is 1.32. The molecular formula is C9H12NS. The van der Waals surface area contributed by atoms with Gasteiger partial charge in [-0.05, 0) is 24.7 Å². The van der Waals surface area contributed by atoms with E-state index in [4.69, 9.17) is 0 Å². The maximum atomic E-state index is 4.22. The lowest BCUT2D eigenvalue weighted by atomic mass is 9.79. The molecule has 1 heterocycles. The molecule has 1 nitrogen and oxygen atoms in total. The van der Waals surface area contributed by atoms with Crippen LogP contribution in [0.4, 0.5) is 0 Å². The summed E-state index contributed by atoms with van der Waals surface area (Å²) in [6.07, 6.45) is 3.63. The second-order valence-electron chi connectivity index (χ2n) is 4.02. The molecule has 0 saturated carbocycles. The lowest BCUT2D eigenvalue weighted by Gasteiger charge is -2.28. The van der Waals surface area contributed by atoms with Gasteiger partial charge in [0.2, 0.25) is 0 Å². The van der Waals surface area contributed by atoms with Gasteiger partial charge in [0.15, 0.2) is 5.51 Å². The van der Waals surface area contributed by atoms with E-state index in [0.29, 0.717) is 5.41 Å². The van der Waals surface area contributed by atoms with Crippen LogP contribution in [0.15, 0.2) is 0 Å². The number of thiazole rings is 1. The van der Waals surface area contributed by atoms with Crippen molar-refractivity contribution in [3.05, 3.63) is 16.1 Å². The maximum absolute atomic E-state index is 4.22. The van der Waals surface area contributed by atoms with E-state index < -0.39 is 0 Å². The number of aromatic nitrogens is 1. The number of aryl methyl sites for hydroxylation is 1. The highest BCUT2D eigenvalue weighted by atomic mass is 32.1. The first kappa shape index (κ1) is 7.29. The highest BCUT2D eigenvalue weighted by molar-refractivity contribution is 7.09. The highest BCUT2D eigenvalue weighted by Crippen LogP contribution is 2.35. The van der Waals surface area contributed by atoms with Crippen LogP contribution in [0.5, 0.6) is 0 Å². The van der Waals surface area contributed by atoms with Crippen molar-refractivity contribution in [1.29, 1.82) is 0 Å². The molecule has 1 aliphatic rings. The van der Waals surface area contributed by atoms with Gasteiger partial charge in [0, 0.05) is 4.88 Å².